The van der Waals surface area contributed by atoms with E-state index in [2.05, 4.69) is 32.5 Å². The number of nitrogens with zero attached hydrogens (tertiary/aromatic N) is 6. The van der Waals surface area contributed by atoms with Crippen LogP contribution < -0.4 is 15.0 Å². The Kier molecular flexibility index (Phi) is 5.74. The molecule has 1 aliphatic rings. The van der Waals surface area contributed by atoms with E-state index in [0.29, 0.717) is 27.7 Å². The summed E-state index contributed by atoms with van der Waals surface area (Å²) in [6.07, 6.45) is 3.39. The Labute approximate surface area is 210 Å². The van der Waals surface area contributed by atoms with Crippen LogP contribution in [0.2, 0.25) is 0 Å². The van der Waals surface area contributed by atoms with Crippen molar-refractivity contribution in [3.05, 3.63) is 47.2 Å². The lowest BCUT2D eigenvalue weighted by Gasteiger charge is -2.20. The Morgan fingerprint density at radius 1 is 1.31 bits per heavy atom. The van der Waals surface area contributed by atoms with Gasteiger partial charge in [0.25, 0.3) is 11.8 Å². The topological polar surface area (TPSA) is 127 Å². The average molecular weight is 506 g/mol. The van der Waals surface area contributed by atoms with Crippen LogP contribution in [-0.2, 0) is 11.8 Å². The minimum Gasteiger partial charge on any atom is -0.489 e. The van der Waals surface area contributed by atoms with Gasteiger partial charge in [0.05, 0.1) is 17.6 Å². The van der Waals surface area contributed by atoms with Gasteiger partial charge in [-0.15, -0.1) is 16.4 Å². The Bertz CT molecular complexity index is 1550. The number of carbonyl (C=O) groups excluding carboxylic acids is 2. The van der Waals surface area contributed by atoms with Crippen LogP contribution >= 0.6 is 11.3 Å². The van der Waals surface area contributed by atoms with E-state index in [0.717, 1.165) is 5.69 Å². The predicted octanol–water partition coefficient (Wildman–Crippen LogP) is 1.47. The van der Waals surface area contributed by atoms with Crippen molar-refractivity contribution >= 4 is 33.8 Å². The molecule has 2 N–H and O–H groups in total. The van der Waals surface area contributed by atoms with Crippen LogP contribution in [0.4, 0.5) is 5.69 Å². The highest BCUT2D eigenvalue weighted by Gasteiger charge is 2.31. The third-order valence-corrected chi connectivity index (χ3v) is 6.32. The van der Waals surface area contributed by atoms with Gasteiger partial charge in [0.1, 0.15) is 35.4 Å². The first-order valence-electron chi connectivity index (χ1n) is 11.0. The predicted molar refractivity (Wildman–Crippen MR) is 133 cm³/mol. The number of carbonyl (C=O) groups is 2. The fourth-order valence-electron chi connectivity index (χ4n) is 3.68. The van der Waals surface area contributed by atoms with Crippen molar-refractivity contribution in [2.75, 3.05) is 18.6 Å². The van der Waals surface area contributed by atoms with Gasteiger partial charge in [-0.05, 0) is 32.0 Å². The summed E-state index contributed by atoms with van der Waals surface area (Å²) < 4.78 is 9.21. The Balaban J connectivity index is 1.35. The number of amides is 2. The monoisotopic (exact) mass is 505 g/mol. The van der Waals surface area contributed by atoms with E-state index in [4.69, 9.17) is 4.74 Å². The summed E-state index contributed by atoms with van der Waals surface area (Å²) in [6, 6.07) is 4.27. The van der Waals surface area contributed by atoms with Gasteiger partial charge in [0.2, 0.25) is 0 Å². The number of likely N-dealkylation sites (N-methyl/N-ethyl adjacent to an activating group) is 1. The zero-order chi connectivity index (χ0) is 25.6. The standard InChI is InChI=1S/C24H23N7O4S/c1-24(2,34)8-7-14-5-6-20-18(9-14)30(4)22(33)17(12-35-20)25-21(32)16-11-31-19(13-36-23(31)26-16)15-10-29(3)28-27-15/h5-6,9-11,13,17,34H,12H2,1-4H3,(H,25,32)/t17-/m0/s1. The molecule has 5 rings (SSSR count). The van der Waals surface area contributed by atoms with E-state index in [1.165, 1.54) is 16.2 Å². The number of anilines is 1. The summed E-state index contributed by atoms with van der Waals surface area (Å²) >= 11 is 1.37. The molecule has 4 aromatic rings. The molecule has 0 spiro atoms. The Morgan fingerprint density at radius 2 is 2.11 bits per heavy atom. The number of imidazole rings is 1. The third-order valence-electron chi connectivity index (χ3n) is 5.48. The Hall–Kier alpha value is -4.21. The second-order valence-electron chi connectivity index (χ2n) is 8.90. The SMILES string of the molecule is CN1C(=O)[C@@H](NC(=O)c2cn3c(-c4cn(C)nn4)csc3n2)COc2ccc(C#CC(C)(C)O)cc21. The molecule has 3 aromatic heterocycles. The molecule has 0 aliphatic carbocycles. The number of aryl methyl sites for hydroxylation is 1. The van der Waals surface area contributed by atoms with Gasteiger partial charge in [-0.25, -0.2) is 4.98 Å². The smallest absolute Gasteiger partial charge is 0.272 e. The molecular formula is C24H23N7O4S. The van der Waals surface area contributed by atoms with Crippen LogP contribution in [0.5, 0.6) is 5.75 Å². The maximum absolute atomic E-state index is 13.2. The fourth-order valence-corrected chi connectivity index (χ4v) is 4.55. The lowest BCUT2D eigenvalue weighted by molar-refractivity contribution is -0.120. The number of ether oxygens (including phenoxy) is 1. The summed E-state index contributed by atoms with van der Waals surface area (Å²) in [5.41, 5.74) is 1.60. The summed E-state index contributed by atoms with van der Waals surface area (Å²) in [5, 5.41) is 22.6. The molecule has 0 fully saturated rings. The van der Waals surface area contributed by atoms with Crippen LogP contribution in [0.3, 0.4) is 0 Å². The number of nitrogens with one attached hydrogen (secondary N) is 1. The van der Waals surface area contributed by atoms with Crippen molar-refractivity contribution in [3.63, 3.8) is 0 Å². The number of aliphatic hydroxyl groups is 1. The van der Waals surface area contributed by atoms with Crippen molar-refractivity contribution in [2.45, 2.75) is 25.5 Å². The quantitative estimate of drug-likeness (QED) is 0.404. The molecule has 1 atom stereocenters. The first-order chi connectivity index (χ1) is 17.1. The molecule has 184 valence electrons. The van der Waals surface area contributed by atoms with Crippen molar-refractivity contribution in [1.29, 1.82) is 0 Å². The summed E-state index contributed by atoms with van der Waals surface area (Å²) in [5.74, 6) is 5.32. The molecule has 0 unspecified atom stereocenters. The van der Waals surface area contributed by atoms with Crippen molar-refractivity contribution in [2.24, 2.45) is 7.05 Å². The molecule has 0 saturated heterocycles. The fraction of sp³-hybridized carbons (Fsp3) is 0.292. The van der Waals surface area contributed by atoms with Gasteiger partial charge >= 0.3 is 0 Å². The highest BCUT2D eigenvalue weighted by molar-refractivity contribution is 7.15. The lowest BCUT2D eigenvalue weighted by Crippen LogP contribution is -2.49. The van der Waals surface area contributed by atoms with Crippen molar-refractivity contribution in [1.82, 2.24) is 29.7 Å². The molecule has 12 heteroatoms. The van der Waals surface area contributed by atoms with Crippen LogP contribution in [0.15, 0.2) is 36.0 Å². The number of fused-ring (bicyclic) bond motifs is 2. The highest BCUT2D eigenvalue weighted by Crippen LogP contribution is 2.31. The summed E-state index contributed by atoms with van der Waals surface area (Å²) in [6.45, 7) is 3.15. The molecule has 2 amide bonds. The second-order valence-corrected chi connectivity index (χ2v) is 9.74. The molecule has 0 bridgehead atoms. The van der Waals surface area contributed by atoms with E-state index < -0.39 is 17.6 Å². The molecule has 4 heterocycles. The number of hydrogen-bond donors (Lipinski definition) is 2. The lowest BCUT2D eigenvalue weighted by atomic mass is 10.1. The molecule has 0 saturated carbocycles. The molecule has 1 aliphatic heterocycles. The summed E-state index contributed by atoms with van der Waals surface area (Å²) in [7, 11) is 3.39. The molecule has 0 radical (unpaired) electrons. The number of thiazole rings is 1. The first-order valence-corrected chi connectivity index (χ1v) is 11.9. The third kappa shape index (κ3) is 4.53. The van der Waals surface area contributed by atoms with Gasteiger partial charge in [-0.3, -0.25) is 18.7 Å². The second kappa shape index (κ2) is 8.78. The van der Waals surface area contributed by atoms with Crippen LogP contribution in [0.25, 0.3) is 16.3 Å². The zero-order valence-electron chi connectivity index (χ0n) is 20.0. The molecule has 11 nitrogen and oxygen atoms in total. The number of rotatable bonds is 3. The Morgan fingerprint density at radius 3 is 2.83 bits per heavy atom. The zero-order valence-corrected chi connectivity index (χ0v) is 20.8. The van der Waals surface area contributed by atoms with Gasteiger partial charge in [0, 0.05) is 31.2 Å². The van der Waals surface area contributed by atoms with Gasteiger partial charge in [-0.1, -0.05) is 17.1 Å². The number of hydrogen-bond acceptors (Lipinski definition) is 8. The van der Waals surface area contributed by atoms with E-state index in [1.807, 2.05) is 5.38 Å². The van der Waals surface area contributed by atoms with Crippen molar-refractivity contribution in [3.8, 4) is 29.0 Å². The van der Waals surface area contributed by atoms with Crippen LogP contribution in [-0.4, -0.2) is 66.6 Å². The summed E-state index contributed by atoms with van der Waals surface area (Å²) in [4.78, 5) is 32.7. The van der Waals surface area contributed by atoms with Gasteiger partial charge in [-0.2, -0.15) is 0 Å². The van der Waals surface area contributed by atoms with E-state index >= 15 is 0 Å². The minimum atomic E-state index is -1.14. The van der Waals surface area contributed by atoms with Gasteiger partial charge < -0.3 is 20.1 Å². The largest absolute Gasteiger partial charge is 0.489 e. The van der Waals surface area contributed by atoms with Gasteiger partial charge in [0.15, 0.2) is 4.96 Å². The maximum Gasteiger partial charge on any atom is 0.272 e. The normalized spacial score (nSPS) is 15.6. The van der Waals surface area contributed by atoms with E-state index in [9.17, 15) is 14.7 Å². The minimum absolute atomic E-state index is 0.0380. The van der Waals surface area contributed by atoms with Crippen LogP contribution in [0, 0.1) is 11.8 Å². The average Bonchev–Trinajstić information content (AvgIpc) is 3.53. The van der Waals surface area contributed by atoms with E-state index in [1.54, 1.807) is 67.6 Å². The first kappa shape index (κ1) is 23.5. The highest BCUT2D eigenvalue weighted by atomic mass is 32.1. The number of benzene rings is 1. The molecule has 36 heavy (non-hydrogen) atoms. The molecule has 1 aromatic carbocycles. The number of aromatic nitrogens is 5. The van der Waals surface area contributed by atoms with Crippen molar-refractivity contribution < 1.29 is 19.4 Å². The van der Waals surface area contributed by atoms with Crippen LogP contribution in [0.1, 0.15) is 29.9 Å². The maximum atomic E-state index is 13.2. The van der Waals surface area contributed by atoms with E-state index in [-0.39, 0.29) is 18.2 Å². The molecular weight excluding hydrogens is 482 g/mol.